The topological polar surface area (TPSA) is 110 Å². The zero-order valence-corrected chi connectivity index (χ0v) is 18.2. The van der Waals surface area contributed by atoms with Crippen molar-refractivity contribution in [2.75, 3.05) is 10.8 Å². The van der Waals surface area contributed by atoms with Gasteiger partial charge in [-0.3, -0.25) is 19.2 Å². The van der Waals surface area contributed by atoms with E-state index >= 15 is 0 Å². The molecule has 1 amide bonds. The van der Waals surface area contributed by atoms with Crippen LogP contribution in [0.1, 0.15) is 24.9 Å². The summed E-state index contributed by atoms with van der Waals surface area (Å²) in [7, 11) is -4.09. The predicted octanol–water partition coefficient (Wildman–Crippen LogP) is 4.06. The summed E-state index contributed by atoms with van der Waals surface area (Å²) in [5, 5.41) is 13.9. The summed E-state index contributed by atoms with van der Waals surface area (Å²) in [5.41, 5.74) is 0.893. The van der Waals surface area contributed by atoms with Gasteiger partial charge in [0.25, 0.3) is 15.7 Å². The number of nitrogens with one attached hydrogen (secondary N) is 1. The highest BCUT2D eigenvalue weighted by molar-refractivity contribution is 7.92. The van der Waals surface area contributed by atoms with Crippen LogP contribution >= 0.6 is 0 Å². The number of anilines is 1. The fourth-order valence-electron chi connectivity index (χ4n) is 3.25. The molecule has 3 rings (SSSR count). The van der Waals surface area contributed by atoms with Crippen LogP contribution in [0, 0.1) is 10.1 Å². The maximum atomic E-state index is 13.3. The van der Waals surface area contributed by atoms with E-state index in [-0.39, 0.29) is 22.3 Å². The molecule has 8 nitrogen and oxygen atoms in total. The van der Waals surface area contributed by atoms with Gasteiger partial charge in [0, 0.05) is 12.1 Å². The average molecular weight is 454 g/mol. The zero-order chi connectivity index (χ0) is 23.1. The molecular weight excluding hydrogens is 430 g/mol. The van der Waals surface area contributed by atoms with Crippen LogP contribution in [0.5, 0.6) is 0 Å². The summed E-state index contributed by atoms with van der Waals surface area (Å²) >= 11 is 0. The van der Waals surface area contributed by atoms with Gasteiger partial charge in [-0.25, -0.2) is 8.42 Å². The molecule has 3 aromatic carbocycles. The van der Waals surface area contributed by atoms with Gasteiger partial charge in [0.05, 0.1) is 21.5 Å². The molecule has 0 aromatic heterocycles. The molecule has 0 aliphatic carbocycles. The minimum atomic E-state index is -4.09. The molecule has 0 radical (unpaired) electrons. The van der Waals surface area contributed by atoms with Crippen molar-refractivity contribution in [3.8, 4) is 0 Å². The molecule has 0 aliphatic heterocycles. The standard InChI is InChI=1S/C23H23N3O5S/c1-2-22(18-9-5-3-6-10-18)24-23(27)17-25(19-13-15-20(16-14-19)26(28)29)32(30,31)21-11-7-4-8-12-21/h3-16,22H,2,17H2,1H3,(H,24,27)/t22-/m0/s1. The quantitative estimate of drug-likeness (QED) is 0.388. The number of nitro benzene ring substituents is 1. The molecule has 0 spiro atoms. The molecule has 166 valence electrons. The summed E-state index contributed by atoms with van der Waals surface area (Å²) in [5.74, 6) is -0.487. The van der Waals surface area contributed by atoms with Crippen molar-refractivity contribution in [1.82, 2.24) is 5.32 Å². The molecule has 9 heteroatoms. The van der Waals surface area contributed by atoms with Gasteiger partial charge in [0.15, 0.2) is 0 Å². The molecular formula is C23H23N3O5S. The molecule has 0 fully saturated rings. The van der Waals surface area contributed by atoms with Crippen LogP contribution in [-0.4, -0.2) is 25.8 Å². The number of nitro groups is 1. The lowest BCUT2D eigenvalue weighted by atomic mass is 10.0. The number of non-ortho nitro benzene ring substituents is 1. The zero-order valence-electron chi connectivity index (χ0n) is 17.4. The number of carbonyl (C=O) groups excluding carboxylic acids is 1. The second-order valence-corrected chi connectivity index (χ2v) is 8.90. The lowest BCUT2D eigenvalue weighted by Crippen LogP contribution is -2.42. The SMILES string of the molecule is CC[C@H](NC(=O)CN(c1ccc([N+](=O)[O-])cc1)S(=O)(=O)c1ccccc1)c1ccccc1. The summed E-state index contributed by atoms with van der Waals surface area (Å²) in [6.07, 6.45) is 0.624. The average Bonchev–Trinajstić information content (AvgIpc) is 2.82. The first-order valence-electron chi connectivity index (χ1n) is 9.99. The summed E-state index contributed by atoms with van der Waals surface area (Å²) in [6.45, 7) is 1.45. The molecule has 0 heterocycles. The van der Waals surface area contributed by atoms with Crippen molar-refractivity contribution in [1.29, 1.82) is 0 Å². The highest BCUT2D eigenvalue weighted by atomic mass is 32.2. The number of sulfonamides is 1. The first-order valence-corrected chi connectivity index (χ1v) is 11.4. The Bertz CT molecular complexity index is 1170. The fraction of sp³-hybridized carbons (Fsp3) is 0.174. The van der Waals surface area contributed by atoms with Gasteiger partial charge in [-0.15, -0.1) is 0 Å². The predicted molar refractivity (Wildman–Crippen MR) is 122 cm³/mol. The van der Waals surface area contributed by atoms with E-state index in [2.05, 4.69) is 5.32 Å². The summed E-state index contributed by atoms with van der Waals surface area (Å²) in [6, 6.07) is 21.9. The summed E-state index contributed by atoms with van der Waals surface area (Å²) in [4.78, 5) is 23.3. The van der Waals surface area contributed by atoms with Gasteiger partial charge in [-0.1, -0.05) is 55.5 Å². The van der Waals surface area contributed by atoms with E-state index < -0.39 is 27.4 Å². The third-order valence-corrected chi connectivity index (χ3v) is 6.70. The summed E-state index contributed by atoms with van der Waals surface area (Å²) < 4.78 is 27.6. The maximum absolute atomic E-state index is 13.3. The molecule has 1 N–H and O–H groups in total. The van der Waals surface area contributed by atoms with Gasteiger partial charge >= 0.3 is 0 Å². The second kappa shape index (κ2) is 10.1. The van der Waals surface area contributed by atoms with Crippen molar-refractivity contribution >= 4 is 27.3 Å². The second-order valence-electron chi connectivity index (χ2n) is 7.04. The minimum Gasteiger partial charge on any atom is -0.348 e. The van der Waals surface area contributed by atoms with Crippen LogP contribution in [0.4, 0.5) is 11.4 Å². The molecule has 0 unspecified atom stereocenters. The highest BCUT2D eigenvalue weighted by Crippen LogP contribution is 2.26. The Morgan fingerprint density at radius 3 is 2.06 bits per heavy atom. The Balaban J connectivity index is 1.92. The molecule has 0 aliphatic rings. The Labute approximate surface area is 186 Å². The Hall–Kier alpha value is -3.72. The number of benzene rings is 3. The maximum Gasteiger partial charge on any atom is 0.269 e. The molecule has 0 saturated carbocycles. The van der Waals surface area contributed by atoms with E-state index in [1.807, 2.05) is 37.3 Å². The lowest BCUT2D eigenvalue weighted by Gasteiger charge is -2.25. The number of rotatable bonds is 9. The third kappa shape index (κ3) is 5.30. The Morgan fingerprint density at radius 1 is 0.969 bits per heavy atom. The normalized spacial score (nSPS) is 12.0. The highest BCUT2D eigenvalue weighted by Gasteiger charge is 2.28. The van der Waals surface area contributed by atoms with Crippen LogP contribution in [0.3, 0.4) is 0 Å². The molecule has 0 bridgehead atoms. The van der Waals surface area contributed by atoms with Crippen LogP contribution in [0.2, 0.25) is 0 Å². The molecule has 1 atom stereocenters. The van der Waals surface area contributed by atoms with E-state index in [1.54, 1.807) is 18.2 Å². The smallest absolute Gasteiger partial charge is 0.269 e. The monoisotopic (exact) mass is 453 g/mol. The number of amides is 1. The largest absolute Gasteiger partial charge is 0.348 e. The van der Waals surface area contributed by atoms with Crippen LogP contribution in [0.15, 0.2) is 89.8 Å². The number of nitrogens with zero attached hydrogens (tertiary/aromatic N) is 2. The van der Waals surface area contributed by atoms with E-state index in [0.717, 1.165) is 9.87 Å². The van der Waals surface area contributed by atoms with Gasteiger partial charge in [-0.05, 0) is 36.2 Å². The van der Waals surface area contributed by atoms with E-state index in [0.29, 0.717) is 6.42 Å². The van der Waals surface area contributed by atoms with Gasteiger partial charge in [0.1, 0.15) is 6.54 Å². The van der Waals surface area contributed by atoms with Crippen LogP contribution in [0.25, 0.3) is 0 Å². The number of carbonyl (C=O) groups is 1. The molecule has 3 aromatic rings. The van der Waals surface area contributed by atoms with Gasteiger partial charge < -0.3 is 5.32 Å². The van der Waals surface area contributed by atoms with Crippen LogP contribution in [-0.2, 0) is 14.8 Å². The Morgan fingerprint density at radius 2 is 1.53 bits per heavy atom. The molecule has 0 saturated heterocycles. The fourth-order valence-corrected chi connectivity index (χ4v) is 4.69. The van der Waals surface area contributed by atoms with Crippen molar-refractivity contribution in [3.63, 3.8) is 0 Å². The van der Waals surface area contributed by atoms with Crippen molar-refractivity contribution in [2.45, 2.75) is 24.3 Å². The van der Waals surface area contributed by atoms with Crippen molar-refractivity contribution in [3.05, 3.63) is 101 Å². The van der Waals surface area contributed by atoms with Crippen molar-refractivity contribution < 1.29 is 18.1 Å². The van der Waals surface area contributed by atoms with E-state index in [4.69, 9.17) is 0 Å². The third-order valence-electron chi connectivity index (χ3n) is 4.91. The van der Waals surface area contributed by atoms with Crippen molar-refractivity contribution in [2.24, 2.45) is 0 Å². The number of hydrogen-bond donors (Lipinski definition) is 1. The van der Waals surface area contributed by atoms with E-state index in [9.17, 15) is 23.3 Å². The molecule has 32 heavy (non-hydrogen) atoms. The van der Waals surface area contributed by atoms with E-state index in [1.165, 1.54) is 36.4 Å². The van der Waals surface area contributed by atoms with Gasteiger partial charge in [-0.2, -0.15) is 0 Å². The first-order chi connectivity index (χ1) is 15.3. The van der Waals surface area contributed by atoms with Gasteiger partial charge in [0.2, 0.25) is 5.91 Å². The lowest BCUT2D eigenvalue weighted by molar-refractivity contribution is -0.384. The minimum absolute atomic E-state index is 0.0150. The first kappa shape index (κ1) is 23.0. The Kier molecular flexibility index (Phi) is 7.21. The number of hydrogen-bond acceptors (Lipinski definition) is 5. The van der Waals surface area contributed by atoms with Crippen LogP contribution < -0.4 is 9.62 Å².